The third kappa shape index (κ3) is 2.84. The van der Waals surface area contributed by atoms with Gasteiger partial charge in [0.15, 0.2) is 0 Å². The Balaban J connectivity index is 1.89. The summed E-state index contributed by atoms with van der Waals surface area (Å²) in [6.07, 6.45) is 10.6. The van der Waals surface area contributed by atoms with Crippen LogP contribution in [0.3, 0.4) is 0 Å². The number of amides is 1. The number of rotatable bonds is 5. The first-order valence-corrected chi connectivity index (χ1v) is 6.53. The molecule has 1 amide bonds. The van der Waals surface area contributed by atoms with E-state index in [1.54, 1.807) is 0 Å². The summed E-state index contributed by atoms with van der Waals surface area (Å²) < 4.78 is 0. The Morgan fingerprint density at radius 1 is 1.33 bits per heavy atom. The maximum atomic E-state index is 12.1. The molecule has 0 spiro atoms. The first-order valence-electron chi connectivity index (χ1n) is 6.53. The number of aliphatic carboxylic acids is 1. The predicted octanol–water partition coefficient (Wildman–Crippen LogP) is 1.36. The van der Waals surface area contributed by atoms with E-state index in [1.807, 2.05) is 0 Å². The van der Waals surface area contributed by atoms with Crippen molar-refractivity contribution in [1.82, 2.24) is 4.90 Å². The molecule has 2 fully saturated rings. The second kappa shape index (κ2) is 5.43. The Kier molecular flexibility index (Phi) is 3.90. The van der Waals surface area contributed by atoms with Crippen LogP contribution < -0.4 is 0 Å². The normalized spacial score (nSPS) is 28.9. The molecule has 2 saturated carbocycles. The molecule has 18 heavy (non-hydrogen) atoms. The molecule has 3 atom stereocenters. The number of hydrogen-bond donors (Lipinski definition) is 1. The molecule has 2 rings (SSSR count). The lowest BCUT2D eigenvalue weighted by atomic mass is 9.86. The van der Waals surface area contributed by atoms with E-state index in [9.17, 15) is 9.59 Å². The quantitative estimate of drug-likeness (QED) is 0.748. The van der Waals surface area contributed by atoms with Crippen molar-refractivity contribution in [3.05, 3.63) is 0 Å². The number of carboxylic acids is 1. The fourth-order valence-electron chi connectivity index (χ4n) is 3.49. The van der Waals surface area contributed by atoms with Gasteiger partial charge in [-0.1, -0.05) is 12.3 Å². The number of carbonyl (C=O) groups excluding carboxylic acids is 1. The second-order valence-corrected chi connectivity index (χ2v) is 5.49. The highest BCUT2D eigenvalue weighted by molar-refractivity contribution is 5.81. The Morgan fingerprint density at radius 3 is 2.61 bits per heavy atom. The summed E-state index contributed by atoms with van der Waals surface area (Å²) in [5.41, 5.74) is 0. The van der Waals surface area contributed by atoms with Gasteiger partial charge in [-0.05, 0) is 37.0 Å². The van der Waals surface area contributed by atoms with Gasteiger partial charge < -0.3 is 10.0 Å². The molecule has 0 aromatic rings. The van der Waals surface area contributed by atoms with Gasteiger partial charge in [0.05, 0.1) is 6.54 Å². The first kappa shape index (κ1) is 12.9. The van der Waals surface area contributed by atoms with Gasteiger partial charge >= 0.3 is 5.97 Å². The third-order valence-electron chi connectivity index (χ3n) is 4.28. The maximum absolute atomic E-state index is 12.1. The minimum atomic E-state index is -1.01. The van der Waals surface area contributed by atoms with Gasteiger partial charge in [0.25, 0.3) is 0 Å². The van der Waals surface area contributed by atoms with Gasteiger partial charge in [-0.15, -0.1) is 6.42 Å². The molecule has 0 radical (unpaired) electrons. The Hall–Kier alpha value is -1.50. The molecule has 2 aliphatic rings. The minimum absolute atomic E-state index is 0.0892. The molecular weight excluding hydrogens is 230 g/mol. The van der Waals surface area contributed by atoms with Gasteiger partial charge in [0.1, 0.15) is 6.54 Å². The monoisotopic (exact) mass is 249 g/mol. The number of fused-ring (bicyclic) bond motifs is 2. The van der Waals surface area contributed by atoms with Crippen molar-refractivity contribution in [1.29, 1.82) is 0 Å². The van der Waals surface area contributed by atoms with Crippen LogP contribution >= 0.6 is 0 Å². The van der Waals surface area contributed by atoms with E-state index < -0.39 is 5.97 Å². The average Bonchev–Trinajstić information content (AvgIpc) is 2.89. The summed E-state index contributed by atoms with van der Waals surface area (Å²) in [6.45, 7) is -0.199. The fraction of sp³-hybridized carbons (Fsp3) is 0.714. The van der Waals surface area contributed by atoms with Crippen LogP contribution in [0, 0.1) is 30.1 Å². The summed E-state index contributed by atoms with van der Waals surface area (Å²) in [4.78, 5) is 24.0. The Morgan fingerprint density at radius 2 is 2.11 bits per heavy atom. The van der Waals surface area contributed by atoms with Crippen molar-refractivity contribution in [2.75, 3.05) is 13.1 Å². The summed E-state index contributed by atoms with van der Waals surface area (Å²) in [5, 5.41) is 8.76. The molecule has 0 aliphatic heterocycles. The van der Waals surface area contributed by atoms with Crippen LogP contribution in [-0.4, -0.2) is 35.0 Å². The zero-order valence-corrected chi connectivity index (χ0v) is 10.5. The third-order valence-corrected chi connectivity index (χ3v) is 4.28. The summed E-state index contributed by atoms with van der Waals surface area (Å²) in [5.74, 6) is 3.17. The smallest absolute Gasteiger partial charge is 0.323 e. The molecule has 0 heterocycles. The van der Waals surface area contributed by atoms with Crippen molar-refractivity contribution >= 4 is 11.9 Å². The van der Waals surface area contributed by atoms with Crippen LogP contribution in [0.4, 0.5) is 0 Å². The molecule has 4 nitrogen and oxygen atoms in total. The molecule has 0 aromatic heterocycles. The fourth-order valence-corrected chi connectivity index (χ4v) is 3.49. The lowest BCUT2D eigenvalue weighted by molar-refractivity contribution is -0.144. The molecule has 1 N–H and O–H groups in total. The van der Waals surface area contributed by atoms with Crippen LogP contribution in [-0.2, 0) is 9.59 Å². The largest absolute Gasteiger partial charge is 0.480 e. The van der Waals surface area contributed by atoms with Gasteiger partial charge in [0, 0.05) is 6.42 Å². The average molecular weight is 249 g/mol. The molecule has 4 heteroatoms. The van der Waals surface area contributed by atoms with Crippen molar-refractivity contribution in [3.8, 4) is 12.3 Å². The molecule has 0 saturated heterocycles. The number of carboxylic acid groups (broad SMARTS) is 1. The number of carbonyl (C=O) groups is 2. The lowest BCUT2D eigenvalue weighted by Crippen LogP contribution is -2.37. The van der Waals surface area contributed by atoms with Crippen LogP contribution in [0.15, 0.2) is 0 Å². The highest BCUT2D eigenvalue weighted by Gasteiger charge is 2.40. The van der Waals surface area contributed by atoms with Crippen LogP contribution in [0.25, 0.3) is 0 Å². The van der Waals surface area contributed by atoms with E-state index in [0.29, 0.717) is 18.3 Å². The standard InChI is InChI=1S/C14H19NO3/c1-2-5-15(9-14(17)18)13(16)8-12-7-10-3-4-11(12)6-10/h1,10-12H,3-9H2,(H,17,18). The van der Waals surface area contributed by atoms with Crippen molar-refractivity contribution < 1.29 is 14.7 Å². The zero-order chi connectivity index (χ0) is 13.1. The van der Waals surface area contributed by atoms with E-state index in [2.05, 4.69) is 5.92 Å². The minimum Gasteiger partial charge on any atom is -0.480 e. The van der Waals surface area contributed by atoms with E-state index in [4.69, 9.17) is 11.5 Å². The molecule has 98 valence electrons. The zero-order valence-electron chi connectivity index (χ0n) is 10.5. The van der Waals surface area contributed by atoms with E-state index >= 15 is 0 Å². The van der Waals surface area contributed by atoms with E-state index in [-0.39, 0.29) is 19.0 Å². The summed E-state index contributed by atoms with van der Waals surface area (Å²) >= 11 is 0. The number of hydrogen-bond acceptors (Lipinski definition) is 2. The van der Waals surface area contributed by atoms with Gasteiger partial charge in [-0.3, -0.25) is 9.59 Å². The molecule has 0 aromatic carbocycles. The molecule has 3 unspecified atom stereocenters. The Bertz CT molecular complexity index is 385. The van der Waals surface area contributed by atoms with E-state index in [0.717, 1.165) is 12.3 Å². The lowest BCUT2D eigenvalue weighted by Gasteiger charge is -2.24. The van der Waals surface area contributed by atoms with Gasteiger partial charge in [-0.2, -0.15) is 0 Å². The predicted molar refractivity (Wildman–Crippen MR) is 66.6 cm³/mol. The topological polar surface area (TPSA) is 57.6 Å². The van der Waals surface area contributed by atoms with Crippen LogP contribution in [0.2, 0.25) is 0 Å². The van der Waals surface area contributed by atoms with Crippen molar-refractivity contribution in [3.63, 3.8) is 0 Å². The van der Waals surface area contributed by atoms with Gasteiger partial charge in [0.2, 0.25) is 5.91 Å². The number of nitrogens with zero attached hydrogens (tertiary/aromatic N) is 1. The first-order chi connectivity index (χ1) is 8.60. The Labute approximate surface area is 107 Å². The molecule has 2 aliphatic carbocycles. The van der Waals surface area contributed by atoms with Gasteiger partial charge in [-0.25, -0.2) is 0 Å². The van der Waals surface area contributed by atoms with Crippen LogP contribution in [0.5, 0.6) is 0 Å². The maximum Gasteiger partial charge on any atom is 0.323 e. The van der Waals surface area contributed by atoms with E-state index in [1.165, 1.54) is 24.2 Å². The summed E-state index contributed by atoms with van der Waals surface area (Å²) in [6, 6.07) is 0. The van der Waals surface area contributed by atoms with Crippen molar-refractivity contribution in [2.24, 2.45) is 17.8 Å². The highest BCUT2D eigenvalue weighted by Crippen LogP contribution is 2.49. The van der Waals surface area contributed by atoms with Crippen molar-refractivity contribution in [2.45, 2.75) is 32.1 Å². The van der Waals surface area contributed by atoms with Crippen LogP contribution in [0.1, 0.15) is 32.1 Å². The number of terminal acetylenes is 1. The SMILES string of the molecule is C#CCN(CC(=O)O)C(=O)CC1CC2CCC1C2. The second-order valence-electron chi connectivity index (χ2n) is 5.49. The molecular formula is C14H19NO3. The molecule has 2 bridgehead atoms. The highest BCUT2D eigenvalue weighted by atomic mass is 16.4. The summed E-state index contributed by atoms with van der Waals surface area (Å²) in [7, 11) is 0.